The topological polar surface area (TPSA) is 108 Å². The van der Waals surface area contributed by atoms with E-state index < -0.39 is 26.5 Å². The number of phosphoric ester groups is 1. The molecule has 9 nitrogen and oxygen atoms in total. The predicted octanol–water partition coefficient (Wildman–Crippen LogP) is 10.8. The molecule has 1 unspecified atom stereocenters. The molecule has 0 aliphatic carbocycles. The summed E-state index contributed by atoms with van der Waals surface area (Å²) in [4.78, 5) is 35.2. The van der Waals surface area contributed by atoms with Gasteiger partial charge in [-0.1, -0.05) is 115 Å². The van der Waals surface area contributed by atoms with Crippen LogP contribution in [0.5, 0.6) is 0 Å². The van der Waals surface area contributed by atoms with Crippen LogP contribution in [0, 0.1) is 0 Å². The van der Waals surface area contributed by atoms with Gasteiger partial charge in [0.1, 0.15) is 19.8 Å². The van der Waals surface area contributed by atoms with Crippen LogP contribution in [0.25, 0.3) is 0 Å². The zero-order valence-electron chi connectivity index (χ0n) is 32.9. The first kappa shape index (κ1) is 48.5. The minimum absolute atomic E-state index is 0.0296. The summed E-state index contributed by atoms with van der Waals surface area (Å²) in [6.07, 6.45) is 33.6. The molecule has 0 rings (SSSR count). The number of hydrogen-bond donors (Lipinski definition) is 1. The van der Waals surface area contributed by atoms with Crippen molar-refractivity contribution in [2.75, 3.05) is 47.5 Å². The van der Waals surface area contributed by atoms with Gasteiger partial charge in [-0.3, -0.25) is 18.6 Å². The van der Waals surface area contributed by atoms with Gasteiger partial charge in [-0.05, 0) is 64.2 Å². The second-order valence-corrected chi connectivity index (χ2v) is 16.1. The quantitative estimate of drug-likeness (QED) is 0.0223. The summed E-state index contributed by atoms with van der Waals surface area (Å²) in [6, 6.07) is 0. The van der Waals surface area contributed by atoms with Crippen molar-refractivity contribution >= 4 is 19.8 Å². The van der Waals surface area contributed by atoms with Gasteiger partial charge in [0.15, 0.2) is 6.10 Å². The van der Waals surface area contributed by atoms with Crippen LogP contribution in [-0.4, -0.2) is 74.9 Å². The number of ether oxygens (including phenoxy) is 2. The van der Waals surface area contributed by atoms with Gasteiger partial charge in [-0.25, -0.2) is 4.57 Å². The Kier molecular flexibility index (Phi) is 32.3. The molecule has 0 fully saturated rings. The molecule has 0 aromatic heterocycles. The SMILES string of the molecule is CCCCC/C=C\CCCCCCCC(=O)O[C@H](COC(=O)CCCCCCC/C=C\CCCCCCC)COP(=O)(O)OCC[N+](C)(C)C. The molecule has 0 aliphatic rings. The van der Waals surface area contributed by atoms with E-state index in [4.69, 9.17) is 18.5 Å². The summed E-state index contributed by atoms with van der Waals surface area (Å²) < 4.78 is 34.2. The Hall–Kier alpha value is -1.51. The molecule has 0 aliphatic heterocycles. The first-order valence-electron chi connectivity index (χ1n) is 20.1. The van der Waals surface area contributed by atoms with E-state index in [0.717, 1.165) is 70.6 Å². The van der Waals surface area contributed by atoms with Gasteiger partial charge in [-0.2, -0.15) is 0 Å². The molecule has 0 aromatic carbocycles. The van der Waals surface area contributed by atoms with Crippen LogP contribution < -0.4 is 0 Å². The average Bonchev–Trinajstić information content (AvgIpc) is 3.06. The van der Waals surface area contributed by atoms with Crippen molar-refractivity contribution in [1.29, 1.82) is 0 Å². The minimum atomic E-state index is -4.37. The molecule has 10 heteroatoms. The van der Waals surface area contributed by atoms with Crippen molar-refractivity contribution in [3.8, 4) is 0 Å². The van der Waals surface area contributed by atoms with E-state index in [9.17, 15) is 19.0 Å². The summed E-state index contributed by atoms with van der Waals surface area (Å²) >= 11 is 0. The molecule has 0 heterocycles. The second-order valence-electron chi connectivity index (χ2n) is 14.7. The number of unbranched alkanes of at least 4 members (excludes halogenated alkanes) is 18. The summed E-state index contributed by atoms with van der Waals surface area (Å²) in [5.74, 6) is -0.819. The zero-order valence-corrected chi connectivity index (χ0v) is 33.8. The number of likely N-dealkylation sites (N-methyl/N-ethyl adjacent to an activating group) is 1. The highest BCUT2D eigenvalue weighted by molar-refractivity contribution is 7.47. The number of phosphoric acid groups is 1. The summed E-state index contributed by atoms with van der Waals surface area (Å²) in [6.45, 7) is 4.36. The van der Waals surface area contributed by atoms with Crippen molar-refractivity contribution in [3.05, 3.63) is 24.3 Å². The fourth-order valence-electron chi connectivity index (χ4n) is 5.24. The van der Waals surface area contributed by atoms with Crippen LogP contribution in [0.2, 0.25) is 0 Å². The van der Waals surface area contributed by atoms with Crippen LogP contribution in [0.3, 0.4) is 0 Å². The lowest BCUT2D eigenvalue weighted by atomic mass is 10.1. The molecule has 0 radical (unpaired) electrons. The molecule has 294 valence electrons. The standard InChI is InChI=1S/C40H76NO8P/c1-6-8-10-12-14-16-18-20-21-23-24-26-28-30-32-39(42)46-36-38(37-48-50(44,45)47-35-34-41(3,4)5)49-40(43)33-31-29-27-25-22-19-17-15-13-11-9-7-2/h15,17-18,20,38H,6-14,16,19,21-37H2,1-5H3/p+1/b17-15-,20-18-/t38-/m1/s1. The van der Waals surface area contributed by atoms with Gasteiger partial charge in [0.25, 0.3) is 0 Å². The van der Waals surface area contributed by atoms with Gasteiger partial charge < -0.3 is 18.9 Å². The van der Waals surface area contributed by atoms with E-state index in [0.29, 0.717) is 17.4 Å². The molecule has 0 spiro atoms. The van der Waals surface area contributed by atoms with Gasteiger partial charge in [0, 0.05) is 12.8 Å². The van der Waals surface area contributed by atoms with Crippen LogP contribution in [0.15, 0.2) is 24.3 Å². The molecule has 50 heavy (non-hydrogen) atoms. The first-order chi connectivity index (χ1) is 24.0. The van der Waals surface area contributed by atoms with Crippen molar-refractivity contribution in [2.45, 2.75) is 174 Å². The van der Waals surface area contributed by atoms with E-state index >= 15 is 0 Å². The lowest BCUT2D eigenvalue weighted by Gasteiger charge is -2.24. The lowest BCUT2D eigenvalue weighted by Crippen LogP contribution is -2.37. The smallest absolute Gasteiger partial charge is 0.462 e. The number of carbonyl (C=O) groups excluding carboxylic acids is 2. The van der Waals surface area contributed by atoms with Crippen LogP contribution in [-0.2, 0) is 32.7 Å². The molecule has 2 atom stereocenters. The monoisotopic (exact) mass is 731 g/mol. The largest absolute Gasteiger partial charge is 0.472 e. The number of esters is 2. The van der Waals surface area contributed by atoms with Gasteiger partial charge in [-0.15, -0.1) is 0 Å². The Morgan fingerprint density at radius 3 is 1.52 bits per heavy atom. The second kappa shape index (κ2) is 33.3. The summed E-state index contributed by atoms with van der Waals surface area (Å²) in [7, 11) is 1.47. The number of hydrogen-bond acceptors (Lipinski definition) is 7. The molecule has 0 saturated carbocycles. The summed E-state index contributed by atoms with van der Waals surface area (Å²) in [5.41, 5.74) is 0. The molecular weight excluding hydrogens is 653 g/mol. The fourth-order valence-corrected chi connectivity index (χ4v) is 5.98. The van der Waals surface area contributed by atoms with Crippen molar-refractivity contribution in [2.24, 2.45) is 0 Å². The van der Waals surface area contributed by atoms with Gasteiger partial charge in [0.2, 0.25) is 0 Å². The van der Waals surface area contributed by atoms with Crippen molar-refractivity contribution in [1.82, 2.24) is 0 Å². The van der Waals surface area contributed by atoms with Gasteiger partial charge >= 0.3 is 19.8 Å². The van der Waals surface area contributed by atoms with E-state index in [1.165, 1.54) is 64.2 Å². The van der Waals surface area contributed by atoms with E-state index in [1.807, 2.05) is 21.1 Å². The highest BCUT2D eigenvalue weighted by Gasteiger charge is 2.27. The highest BCUT2D eigenvalue weighted by Crippen LogP contribution is 2.43. The Morgan fingerprint density at radius 2 is 1.02 bits per heavy atom. The average molecular weight is 731 g/mol. The normalized spacial score (nSPS) is 14.0. The third-order valence-corrected chi connectivity index (χ3v) is 9.44. The third-order valence-electron chi connectivity index (χ3n) is 8.45. The van der Waals surface area contributed by atoms with Crippen molar-refractivity contribution in [3.63, 3.8) is 0 Å². The lowest BCUT2D eigenvalue weighted by molar-refractivity contribution is -0.870. The van der Waals surface area contributed by atoms with E-state index in [2.05, 4.69) is 38.2 Å². The van der Waals surface area contributed by atoms with E-state index in [1.54, 1.807) is 0 Å². The number of rotatable bonds is 36. The molecule has 0 bridgehead atoms. The van der Waals surface area contributed by atoms with Crippen LogP contribution in [0.4, 0.5) is 0 Å². The molecular formula is C40H77NO8P+. The number of quaternary nitrogens is 1. The third kappa shape index (κ3) is 36.3. The Balaban J connectivity index is 4.43. The number of nitrogens with zero attached hydrogens (tertiary/aromatic N) is 1. The number of carbonyl (C=O) groups is 2. The van der Waals surface area contributed by atoms with Crippen molar-refractivity contribution < 1.29 is 42.1 Å². The minimum Gasteiger partial charge on any atom is -0.462 e. The predicted molar refractivity (Wildman–Crippen MR) is 206 cm³/mol. The van der Waals surface area contributed by atoms with Crippen LogP contribution in [0.1, 0.15) is 168 Å². The Morgan fingerprint density at radius 1 is 0.600 bits per heavy atom. The molecule has 0 amide bonds. The maximum atomic E-state index is 12.6. The molecule has 0 saturated heterocycles. The first-order valence-corrected chi connectivity index (χ1v) is 21.6. The van der Waals surface area contributed by atoms with Gasteiger partial charge in [0.05, 0.1) is 27.7 Å². The Bertz CT molecular complexity index is 918. The van der Waals surface area contributed by atoms with E-state index in [-0.39, 0.29) is 32.0 Å². The fraction of sp³-hybridized carbons (Fsp3) is 0.850. The maximum absolute atomic E-state index is 12.6. The van der Waals surface area contributed by atoms with Crippen LogP contribution >= 0.6 is 7.82 Å². The Labute approximate surface area is 307 Å². The maximum Gasteiger partial charge on any atom is 0.472 e. The number of allylic oxidation sites excluding steroid dienone is 4. The molecule has 1 N–H and O–H groups in total. The summed E-state index contributed by atoms with van der Waals surface area (Å²) in [5, 5.41) is 0. The zero-order chi connectivity index (χ0) is 37.2. The molecule has 0 aromatic rings. The highest BCUT2D eigenvalue weighted by atomic mass is 31.2.